The van der Waals surface area contributed by atoms with E-state index in [4.69, 9.17) is 0 Å². The molecule has 0 unspecified atom stereocenters. The maximum absolute atomic E-state index is 11.0. The number of halogens is 1. The maximum atomic E-state index is 11.0. The second-order valence-corrected chi connectivity index (χ2v) is 3.11. The molecule has 0 saturated carbocycles. The third-order valence-corrected chi connectivity index (χ3v) is 1.88. The Morgan fingerprint density at radius 2 is 2.36 bits per heavy atom. The molecule has 5 nitrogen and oxygen atoms in total. The molecule has 0 aliphatic carbocycles. The van der Waals surface area contributed by atoms with Crippen LogP contribution in [0.4, 0.5) is 5.69 Å². The molecule has 14 heavy (non-hydrogen) atoms. The van der Waals surface area contributed by atoms with Crippen molar-refractivity contribution in [3.63, 3.8) is 0 Å². The van der Waals surface area contributed by atoms with Gasteiger partial charge in [0.2, 0.25) is 0 Å². The van der Waals surface area contributed by atoms with E-state index in [0.29, 0.717) is 10.9 Å². The van der Waals surface area contributed by atoms with Gasteiger partial charge in [0.25, 0.3) is 0 Å². The first-order valence-corrected chi connectivity index (χ1v) is 4.87. The predicted molar refractivity (Wildman–Crippen MR) is 56.5 cm³/mol. The van der Waals surface area contributed by atoms with Crippen LogP contribution in [0.3, 0.4) is 0 Å². The van der Waals surface area contributed by atoms with E-state index in [2.05, 4.69) is 20.9 Å². The number of hydrogen-bond donors (Lipinski definition) is 1. The van der Waals surface area contributed by atoms with E-state index in [-0.39, 0.29) is 0 Å². The highest BCUT2D eigenvalue weighted by atomic mass is 79.9. The van der Waals surface area contributed by atoms with Crippen LogP contribution in [-0.2, 0) is 0 Å². The molecule has 0 fully saturated rings. The summed E-state index contributed by atoms with van der Waals surface area (Å²) in [5.74, 6) is 0. The number of nitro groups is 1. The second-order valence-electron chi connectivity index (χ2n) is 2.46. The van der Waals surface area contributed by atoms with Gasteiger partial charge >= 0.3 is 11.2 Å². The van der Waals surface area contributed by atoms with Gasteiger partial charge in [0.15, 0.2) is 0 Å². The Hall–Kier alpha value is -1.43. The average Bonchev–Trinajstić information content (AvgIpc) is 2.16. The first kappa shape index (κ1) is 10.6. The van der Waals surface area contributed by atoms with E-state index in [9.17, 15) is 14.9 Å². The zero-order chi connectivity index (χ0) is 10.6. The zero-order valence-corrected chi connectivity index (χ0v) is 8.65. The number of aromatic amines is 1. The van der Waals surface area contributed by atoms with Crippen molar-refractivity contribution in [2.45, 2.75) is 0 Å². The lowest BCUT2D eigenvalue weighted by Crippen LogP contribution is -2.10. The SMILES string of the molecule is O=c1[nH]cc(C=CCBr)cc1[N+](=O)[O-]. The van der Waals surface area contributed by atoms with E-state index in [1.54, 1.807) is 12.2 Å². The molecule has 0 aliphatic heterocycles. The number of hydrogen-bond acceptors (Lipinski definition) is 3. The average molecular weight is 259 g/mol. The van der Waals surface area contributed by atoms with Gasteiger partial charge in [0.1, 0.15) is 0 Å². The van der Waals surface area contributed by atoms with Gasteiger partial charge in [-0.15, -0.1) is 0 Å². The molecular weight excluding hydrogens is 252 g/mol. The molecule has 0 saturated heterocycles. The lowest BCUT2D eigenvalue weighted by molar-refractivity contribution is -0.386. The van der Waals surface area contributed by atoms with Crippen LogP contribution in [0.1, 0.15) is 5.56 Å². The van der Waals surface area contributed by atoms with Crippen molar-refractivity contribution < 1.29 is 4.92 Å². The second kappa shape index (κ2) is 4.71. The Bertz CT molecular complexity index is 425. The summed E-state index contributed by atoms with van der Waals surface area (Å²) in [6.07, 6.45) is 4.88. The van der Waals surface area contributed by atoms with E-state index < -0.39 is 16.2 Å². The van der Waals surface area contributed by atoms with Gasteiger partial charge in [-0.1, -0.05) is 28.1 Å². The van der Waals surface area contributed by atoms with Gasteiger partial charge in [-0.3, -0.25) is 14.9 Å². The fraction of sp³-hybridized carbons (Fsp3) is 0.125. The van der Waals surface area contributed by atoms with Crippen molar-refractivity contribution in [3.8, 4) is 0 Å². The molecule has 74 valence electrons. The third kappa shape index (κ3) is 2.53. The number of alkyl halides is 1. The summed E-state index contributed by atoms with van der Waals surface area (Å²) in [6, 6.07) is 1.23. The van der Waals surface area contributed by atoms with Crippen LogP contribution in [0.15, 0.2) is 23.1 Å². The summed E-state index contributed by atoms with van der Waals surface area (Å²) < 4.78 is 0. The smallest absolute Gasteiger partial charge is 0.323 e. The molecule has 1 N–H and O–H groups in total. The minimum absolute atomic E-state index is 0.443. The van der Waals surface area contributed by atoms with Gasteiger partial charge < -0.3 is 4.98 Å². The number of allylic oxidation sites excluding steroid dienone is 1. The molecule has 0 spiro atoms. The van der Waals surface area contributed by atoms with Crippen LogP contribution in [0, 0.1) is 10.1 Å². The first-order valence-electron chi connectivity index (χ1n) is 3.75. The Morgan fingerprint density at radius 3 is 2.93 bits per heavy atom. The Kier molecular flexibility index (Phi) is 3.58. The maximum Gasteiger partial charge on any atom is 0.334 e. The number of nitrogens with zero attached hydrogens (tertiary/aromatic N) is 1. The van der Waals surface area contributed by atoms with Crippen LogP contribution < -0.4 is 5.56 Å². The molecule has 1 heterocycles. The zero-order valence-electron chi connectivity index (χ0n) is 7.07. The Labute approximate surface area is 87.7 Å². The summed E-state index contributed by atoms with van der Waals surface area (Å²) >= 11 is 3.18. The highest BCUT2D eigenvalue weighted by molar-refractivity contribution is 9.09. The number of aromatic nitrogens is 1. The molecule has 0 amide bonds. The quantitative estimate of drug-likeness (QED) is 0.509. The summed E-state index contributed by atoms with van der Waals surface area (Å²) in [4.78, 5) is 22.9. The lowest BCUT2D eigenvalue weighted by atomic mass is 10.2. The summed E-state index contributed by atoms with van der Waals surface area (Å²) in [5, 5.41) is 11.1. The van der Waals surface area contributed by atoms with Gasteiger partial charge in [0.05, 0.1) is 4.92 Å². The van der Waals surface area contributed by atoms with Crippen LogP contribution in [0.5, 0.6) is 0 Å². The molecule has 1 rings (SSSR count). The van der Waals surface area contributed by atoms with E-state index in [0.717, 1.165) is 0 Å². The highest BCUT2D eigenvalue weighted by Gasteiger charge is 2.11. The molecule has 0 bridgehead atoms. The van der Waals surface area contributed by atoms with Crippen LogP contribution >= 0.6 is 15.9 Å². The summed E-state index contributed by atoms with van der Waals surface area (Å²) in [7, 11) is 0. The van der Waals surface area contributed by atoms with Crippen molar-refractivity contribution in [2.24, 2.45) is 0 Å². The summed E-state index contributed by atoms with van der Waals surface area (Å²) in [6.45, 7) is 0. The van der Waals surface area contributed by atoms with E-state index >= 15 is 0 Å². The fourth-order valence-electron chi connectivity index (χ4n) is 0.900. The van der Waals surface area contributed by atoms with E-state index in [1.807, 2.05) is 0 Å². The number of nitrogens with one attached hydrogen (secondary N) is 1. The number of H-pyrrole nitrogens is 1. The first-order chi connectivity index (χ1) is 6.65. The van der Waals surface area contributed by atoms with Crippen molar-refractivity contribution in [1.82, 2.24) is 4.98 Å². The number of rotatable bonds is 3. The van der Waals surface area contributed by atoms with Crippen molar-refractivity contribution in [1.29, 1.82) is 0 Å². The monoisotopic (exact) mass is 258 g/mol. The summed E-state index contributed by atoms with van der Waals surface area (Å²) in [5.41, 5.74) is -0.538. The minimum Gasteiger partial charge on any atom is -0.323 e. The topological polar surface area (TPSA) is 76.0 Å². The van der Waals surface area contributed by atoms with Crippen molar-refractivity contribution in [2.75, 3.05) is 5.33 Å². The standard InChI is InChI=1S/C8H7BrN2O3/c9-3-1-2-6-4-7(11(13)14)8(12)10-5-6/h1-2,4-5H,3H2,(H,10,12). The Balaban J connectivity index is 3.13. The molecule has 0 radical (unpaired) electrons. The number of pyridine rings is 1. The van der Waals surface area contributed by atoms with Crippen LogP contribution in [0.2, 0.25) is 0 Å². The molecule has 0 aliphatic rings. The third-order valence-electron chi connectivity index (χ3n) is 1.50. The molecule has 0 atom stereocenters. The molecule has 1 aromatic rings. The normalized spacial score (nSPS) is 10.6. The van der Waals surface area contributed by atoms with Gasteiger partial charge in [-0.2, -0.15) is 0 Å². The minimum atomic E-state index is -0.704. The highest BCUT2D eigenvalue weighted by Crippen LogP contribution is 2.07. The van der Waals surface area contributed by atoms with Gasteiger partial charge in [0, 0.05) is 17.6 Å². The van der Waals surface area contributed by atoms with Gasteiger partial charge in [-0.25, -0.2) is 0 Å². The predicted octanol–water partition coefficient (Wildman–Crippen LogP) is 1.69. The Morgan fingerprint density at radius 1 is 1.64 bits per heavy atom. The van der Waals surface area contributed by atoms with Crippen molar-refractivity contribution >= 4 is 27.7 Å². The molecule has 6 heteroatoms. The molecular formula is C8H7BrN2O3. The van der Waals surface area contributed by atoms with E-state index in [1.165, 1.54) is 12.3 Å². The van der Waals surface area contributed by atoms with Crippen LogP contribution in [0.25, 0.3) is 6.08 Å². The lowest BCUT2D eigenvalue weighted by Gasteiger charge is -1.92. The van der Waals surface area contributed by atoms with Gasteiger partial charge in [-0.05, 0) is 5.56 Å². The molecule has 0 aromatic carbocycles. The molecule has 1 aromatic heterocycles. The largest absolute Gasteiger partial charge is 0.334 e. The van der Waals surface area contributed by atoms with Crippen LogP contribution in [-0.4, -0.2) is 15.2 Å². The van der Waals surface area contributed by atoms with Crippen molar-refractivity contribution in [3.05, 3.63) is 44.4 Å². The fourth-order valence-corrected chi connectivity index (χ4v) is 1.09.